The van der Waals surface area contributed by atoms with Crippen LogP contribution < -0.4 is 5.73 Å². The first kappa shape index (κ1) is 11.7. The lowest BCUT2D eigenvalue weighted by atomic mass is 9.52. The standard InChI is InChI=1S/C16H28N2/c17-4-5-18(15-2-1-3-15)16-9-12-6-13(10-16)8-14(7-12)11-16/h12-15H,1-11,17H2. The zero-order valence-electron chi connectivity index (χ0n) is 11.6. The van der Waals surface area contributed by atoms with Gasteiger partial charge in [-0.05, 0) is 69.1 Å². The monoisotopic (exact) mass is 248 g/mol. The van der Waals surface area contributed by atoms with Gasteiger partial charge in [-0.15, -0.1) is 0 Å². The molecule has 2 nitrogen and oxygen atoms in total. The molecule has 5 rings (SSSR count). The van der Waals surface area contributed by atoms with Gasteiger partial charge < -0.3 is 5.73 Å². The molecule has 5 aliphatic rings. The van der Waals surface area contributed by atoms with Crippen molar-refractivity contribution in [1.29, 1.82) is 0 Å². The maximum absolute atomic E-state index is 5.92. The SMILES string of the molecule is NCCN(C1CCC1)C12CC3CC(CC(C3)C1)C2. The molecule has 0 radical (unpaired) electrons. The molecular weight excluding hydrogens is 220 g/mol. The van der Waals surface area contributed by atoms with Gasteiger partial charge in [0.25, 0.3) is 0 Å². The van der Waals surface area contributed by atoms with E-state index >= 15 is 0 Å². The fourth-order valence-electron chi connectivity index (χ4n) is 6.06. The normalized spacial score (nSPS) is 46.7. The van der Waals surface area contributed by atoms with Gasteiger partial charge in [0.1, 0.15) is 0 Å². The molecule has 0 saturated heterocycles. The van der Waals surface area contributed by atoms with Crippen LogP contribution in [0.15, 0.2) is 0 Å². The van der Waals surface area contributed by atoms with E-state index in [0.717, 1.165) is 36.9 Å². The average Bonchev–Trinajstić information content (AvgIpc) is 2.24. The summed E-state index contributed by atoms with van der Waals surface area (Å²) >= 11 is 0. The highest BCUT2D eigenvalue weighted by Gasteiger charge is 2.54. The zero-order chi connectivity index (χ0) is 12.2. The van der Waals surface area contributed by atoms with Crippen LogP contribution in [0, 0.1) is 17.8 Å². The highest BCUT2D eigenvalue weighted by Crippen LogP contribution is 2.58. The quantitative estimate of drug-likeness (QED) is 0.829. The van der Waals surface area contributed by atoms with Gasteiger partial charge in [-0.25, -0.2) is 0 Å². The molecule has 0 atom stereocenters. The summed E-state index contributed by atoms with van der Waals surface area (Å²) in [5.41, 5.74) is 6.52. The maximum Gasteiger partial charge on any atom is 0.0221 e. The molecule has 5 fully saturated rings. The Morgan fingerprint density at radius 3 is 1.89 bits per heavy atom. The first-order valence-electron chi connectivity index (χ1n) is 8.26. The van der Waals surface area contributed by atoms with Crippen molar-refractivity contribution in [2.75, 3.05) is 13.1 Å². The summed E-state index contributed by atoms with van der Waals surface area (Å²) in [6.07, 6.45) is 13.5. The Bertz CT molecular complexity index is 286. The summed E-state index contributed by atoms with van der Waals surface area (Å²) in [4.78, 5) is 2.90. The van der Waals surface area contributed by atoms with E-state index in [4.69, 9.17) is 5.73 Å². The topological polar surface area (TPSA) is 29.3 Å². The van der Waals surface area contributed by atoms with Crippen LogP contribution >= 0.6 is 0 Å². The molecule has 0 spiro atoms. The summed E-state index contributed by atoms with van der Waals surface area (Å²) in [7, 11) is 0. The third-order valence-electron chi connectivity index (χ3n) is 6.50. The van der Waals surface area contributed by atoms with Crippen LogP contribution in [0.2, 0.25) is 0 Å². The second-order valence-corrected chi connectivity index (χ2v) is 7.71. The molecule has 2 heteroatoms. The summed E-state index contributed by atoms with van der Waals surface area (Å²) in [6.45, 7) is 2.02. The largest absolute Gasteiger partial charge is 0.329 e. The highest BCUT2D eigenvalue weighted by molar-refractivity contribution is 5.09. The molecule has 0 amide bonds. The smallest absolute Gasteiger partial charge is 0.0221 e. The summed E-state index contributed by atoms with van der Waals surface area (Å²) < 4.78 is 0. The lowest BCUT2D eigenvalue weighted by Crippen LogP contribution is -2.64. The van der Waals surface area contributed by atoms with Crippen molar-refractivity contribution >= 4 is 0 Å². The van der Waals surface area contributed by atoms with Crippen LogP contribution in [0.25, 0.3) is 0 Å². The lowest BCUT2D eigenvalue weighted by molar-refractivity contribution is -0.114. The first-order chi connectivity index (χ1) is 8.79. The van der Waals surface area contributed by atoms with Crippen molar-refractivity contribution < 1.29 is 0 Å². The molecule has 0 aromatic heterocycles. The van der Waals surface area contributed by atoms with Gasteiger partial charge in [0, 0.05) is 24.7 Å². The molecule has 18 heavy (non-hydrogen) atoms. The van der Waals surface area contributed by atoms with Crippen LogP contribution in [-0.2, 0) is 0 Å². The Morgan fingerprint density at radius 2 is 1.50 bits per heavy atom. The van der Waals surface area contributed by atoms with E-state index in [2.05, 4.69) is 4.90 Å². The van der Waals surface area contributed by atoms with Crippen molar-refractivity contribution in [3.63, 3.8) is 0 Å². The van der Waals surface area contributed by atoms with Gasteiger partial charge in [0.05, 0.1) is 0 Å². The zero-order valence-corrected chi connectivity index (χ0v) is 11.6. The van der Waals surface area contributed by atoms with Gasteiger partial charge in [-0.2, -0.15) is 0 Å². The minimum Gasteiger partial charge on any atom is -0.329 e. The average molecular weight is 248 g/mol. The second kappa shape index (κ2) is 4.21. The van der Waals surface area contributed by atoms with Crippen molar-refractivity contribution in [2.24, 2.45) is 23.5 Å². The molecule has 2 N–H and O–H groups in total. The van der Waals surface area contributed by atoms with E-state index in [0.29, 0.717) is 5.54 Å². The fourth-order valence-corrected chi connectivity index (χ4v) is 6.06. The second-order valence-electron chi connectivity index (χ2n) is 7.71. The predicted octanol–water partition coefficient (Wildman–Crippen LogP) is 2.77. The lowest BCUT2D eigenvalue weighted by Gasteiger charge is -2.63. The van der Waals surface area contributed by atoms with E-state index in [1.807, 2.05) is 0 Å². The van der Waals surface area contributed by atoms with Crippen LogP contribution in [0.5, 0.6) is 0 Å². The summed E-state index contributed by atoms with van der Waals surface area (Å²) in [5, 5.41) is 0. The molecule has 0 heterocycles. The fraction of sp³-hybridized carbons (Fsp3) is 1.00. The van der Waals surface area contributed by atoms with Crippen LogP contribution in [-0.4, -0.2) is 29.6 Å². The summed E-state index contributed by atoms with van der Waals surface area (Å²) in [5.74, 6) is 3.20. The highest BCUT2D eigenvalue weighted by atomic mass is 15.2. The molecule has 0 aromatic carbocycles. The Labute approximate surface area is 111 Å². The van der Waals surface area contributed by atoms with Crippen LogP contribution in [0.1, 0.15) is 57.8 Å². The number of nitrogens with zero attached hydrogens (tertiary/aromatic N) is 1. The van der Waals surface area contributed by atoms with Crippen LogP contribution in [0.4, 0.5) is 0 Å². The van der Waals surface area contributed by atoms with E-state index in [-0.39, 0.29) is 0 Å². The van der Waals surface area contributed by atoms with Crippen LogP contribution in [0.3, 0.4) is 0 Å². The van der Waals surface area contributed by atoms with Gasteiger partial charge >= 0.3 is 0 Å². The molecule has 0 unspecified atom stereocenters. The van der Waals surface area contributed by atoms with Crippen molar-refractivity contribution in [2.45, 2.75) is 69.4 Å². The molecule has 5 aliphatic carbocycles. The van der Waals surface area contributed by atoms with E-state index < -0.39 is 0 Å². The molecule has 4 bridgehead atoms. The molecule has 102 valence electrons. The number of rotatable bonds is 4. The number of hydrogen-bond donors (Lipinski definition) is 1. The third-order valence-corrected chi connectivity index (χ3v) is 6.50. The van der Waals surface area contributed by atoms with E-state index in [1.165, 1.54) is 38.5 Å². The Balaban J connectivity index is 1.60. The Morgan fingerprint density at radius 1 is 0.944 bits per heavy atom. The predicted molar refractivity (Wildman–Crippen MR) is 74.3 cm³/mol. The maximum atomic E-state index is 5.92. The molecular formula is C16H28N2. The van der Waals surface area contributed by atoms with Gasteiger partial charge in [0.2, 0.25) is 0 Å². The van der Waals surface area contributed by atoms with E-state index in [1.54, 1.807) is 19.3 Å². The van der Waals surface area contributed by atoms with Gasteiger partial charge in [-0.1, -0.05) is 6.42 Å². The first-order valence-corrected chi connectivity index (χ1v) is 8.26. The van der Waals surface area contributed by atoms with Crippen molar-refractivity contribution in [1.82, 2.24) is 4.90 Å². The van der Waals surface area contributed by atoms with E-state index in [9.17, 15) is 0 Å². The Hall–Kier alpha value is -0.0800. The van der Waals surface area contributed by atoms with Gasteiger partial charge in [-0.3, -0.25) is 4.90 Å². The summed E-state index contributed by atoms with van der Waals surface area (Å²) in [6, 6.07) is 0.893. The Kier molecular flexibility index (Phi) is 2.74. The van der Waals surface area contributed by atoms with Gasteiger partial charge in [0.15, 0.2) is 0 Å². The molecule has 0 aliphatic heterocycles. The molecule has 0 aromatic rings. The minimum atomic E-state index is 0.596. The number of hydrogen-bond acceptors (Lipinski definition) is 2. The number of nitrogens with two attached hydrogens (primary N) is 1. The minimum absolute atomic E-state index is 0.596. The van der Waals surface area contributed by atoms with Crippen molar-refractivity contribution in [3.05, 3.63) is 0 Å². The molecule has 5 saturated carbocycles. The third kappa shape index (κ3) is 1.68. The van der Waals surface area contributed by atoms with Crippen molar-refractivity contribution in [3.8, 4) is 0 Å².